The van der Waals surface area contributed by atoms with Crippen molar-refractivity contribution >= 4 is 5.97 Å². The van der Waals surface area contributed by atoms with Crippen molar-refractivity contribution < 1.29 is 13.9 Å². The smallest absolute Gasteiger partial charge is 0.313 e. The Kier molecular flexibility index (Phi) is 6.98. The Bertz CT molecular complexity index is 652. The molecule has 0 aliphatic heterocycles. The molecule has 24 heavy (non-hydrogen) atoms. The minimum absolute atomic E-state index is 0.293. The first-order valence-electron chi connectivity index (χ1n) is 8.65. The van der Waals surface area contributed by atoms with Gasteiger partial charge in [-0.2, -0.15) is 0 Å². The standard InChI is InChI=1S/C21H25FO2/c1-3-4-5-9-14-24-21(23)16(2)18-12-13-19(20(22)15-18)17-10-7-6-8-11-17/h6-8,10-13,15-16H,3-5,9,14H2,1-2H3. The van der Waals surface area contributed by atoms with Gasteiger partial charge in [-0.05, 0) is 30.5 Å². The van der Waals surface area contributed by atoms with Crippen LogP contribution in [0.15, 0.2) is 48.5 Å². The second-order valence-electron chi connectivity index (χ2n) is 6.06. The summed E-state index contributed by atoms with van der Waals surface area (Å²) >= 11 is 0. The van der Waals surface area contributed by atoms with E-state index in [0.717, 1.165) is 31.2 Å². The largest absolute Gasteiger partial charge is 0.465 e. The van der Waals surface area contributed by atoms with Crippen LogP contribution in [0.5, 0.6) is 0 Å². The molecule has 0 spiro atoms. The zero-order valence-corrected chi connectivity index (χ0v) is 14.4. The number of hydrogen-bond donors (Lipinski definition) is 0. The number of rotatable bonds is 8. The molecule has 0 N–H and O–H groups in total. The molecule has 0 heterocycles. The molecular weight excluding hydrogens is 303 g/mol. The third-order valence-corrected chi connectivity index (χ3v) is 4.17. The molecule has 0 saturated carbocycles. The maximum absolute atomic E-state index is 14.4. The van der Waals surface area contributed by atoms with Gasteiger partial charge in [0.25, 0.3) is 0 Å². The predicted octanol–water partition coefficient (Wildman–Crippen LogP) is 5.72. The minimum Gasteiger partial charge on any atom is -0.465 e. The lowest BCUT2D eigenvalue weighted by molar-refractivity contribution is -0.145. The highest BCUT2D eigenvalue weighted by Crippen LogP contribution is 2.26. The van der Waals surface area contributed by atoms with Crippen LogP contribution < -0.4 is 0 Å². The average molecular weight is 328 g/mol. The molecule has 2 nitrogen and oxygen atoms in total. The highest BCUT2D eigenvalue weighted by Gasteiger charge is 2.18. The van der Waals surface area contributed by atoms with Gasteiger partial charge in [-0.15, -0.1) is 0 Å². The first-order chi connectivity index (χ1) is 11.6. The second kappa shape index (κ2) is 9.21. The van der Waals surface area contributed by atoms with Crippen LogP contribution in [-0.2, 0) is 9.53 Å². The zero-order chi connectivity index (χ0) is 17.4. The summed E-state index contributed by atoms with van der Waals surface area (Å²) in [4.78, 5) is 12.1. The molecule has 0 amide bonds. The van der Waals surface area contributed by atoms with Gasteiger partial charge in [0, 0.05) is 5.56 Å². The van der Waals surface area contributed by atoms with E-state index in [0.29, 0.717) is 17.7 Å². The van der Waals surface area contributed by atoms with Crippen LogP contribution in [-0.4, -0.2) is 12.6 Å². The summed E-state index contributed by atoms with van der Waals surface area (Å²) in [6.45, 7) is 4.33. The Labute approximate surface area is 143 Å². The predicted molar refractivity (Wildman–Crippen MR) is 95.4 cm³/mol. The van der Waals surface area contributed by atoms with Crippen molar-refractivity contribution in [2.24, 2.45) is 0 Å². The summed E-state index contributed by atoms with van der Waals surface area (Å²) in [5.74, 6) is -1.07. The van der Waals surface area contributed by atoms with Gasteiger partial charge in [-0.25, -0.2) is 4.39 Å². The Balaban J connectivity index is 1.99. The van der Waals surface area contributed by atoms with E-state index >= 15 is 0 Å². The summed E-state index contributed by atoms with van der Waals surface area (Å²) in [5.41, 5.74) is 2.01. The number of hydrogen-bond acceptors (Lipinski definition) is 2. The minimum atomic E-state index is -0.463. The molecule has 2 rings (SSSR count). The molecule has 0 aliphatic rings. The topological polar surface area (TPSA) is 26.3 Å². The van der Waals surface area contributed by atoms with E-state index in [9.17, 15) is 9.18 Å². The molecule has 0 saturated heterocycles. The molecule has 3 heteroatoms. The van der Waals surface area contributed by atoms with Crippen molar-refractivity contribution in [1.82, 2.24) is 0 Å². The van der Waals surface area contributed by atoms with Crippen LogP contribution in [0.25, 0.3) is 11.1 Å². The number of ether oxygens (including phenoxy) is 1. The quantitative estimate of drug-likeness (QED) is 0.457. The molecule has 0 aromatic heterocycles. The van der Waals surface area contributed by atoms with Gasteiger partial charge < -0.3 is 4.74 Å². The van der Waals surface area contributed by atoms with Gasteiger partial charge in [-0.1, -0.05) is 68.7 Å². The van der Waals surface area contributed by atoms with E-state index in [-0.39, 0.29) is 11.8 Å². The third-order valence-electron chi connectivity index (χ3n) is 4.17. The Morgan fingerprint density at radius 2 is 1.83 bits per heavy atom. The Morgan fingerprint density at radius 3 is 2.50 bits per heavy atom. The Morgan fingerprint density at radius 1 is 1.08 bits per heavy atom. The number of carbonyl (C=O) groups excluding carboxylic acids is 1. The number of esters is 1. The number of halogens is 1. The maximum atomic E-state index is 14.4. The van der Waals surface area contributed by atoms with Gasteiger partial charge in [-0.3, -0.25) is 4.79 Å². The molecule has 1 unspecified atom stereocenters. The van der Waals surface area contributed by atoms with E-state index in [4.69, 9.17) is 4.74 Å². The van der Waals surface area contributed by atoms with Crippen LogP contribution in [0.4, 0.5) is 4.39 Å². The monoisotopic (exact) mass is 328 g/mol. The van der Waals surface area contributed by atoms with Crippen molar-refractivity contribution in [3.05, 3.63) is 59.9 Å². The van der Waals surface area contributed by atoms with E-state index in [1.54, 1.807) is 19.1 Å². The fraction of sp³-hybridized carbons (Fsp3) is 0.381. The fourth-order valence-corrected chi connectivity index (χ4v) is 2.62. The first-order valence-corrected chi connectivity index (χ1v) is 8.65. The summed E-state index contributed by atoms with van der Waals surface area (Å²) in [7, 11) is 0. The van der Waals surface area contributed by atoms with Gasteiger partial charge >= 0.3 is 5.97 Å². The second-order valence-corrected chi connectivity index (χ2v) is 6.06. The molecule has 128 valence electrons. The highest BCUT2D eigenvalue weighted by atomic mass is 19.1. The maximum Gasteiger partial charge on any atom is 0.313 e. The lowest BCUT2D eigenvalue weighted by atomic mass is 9.97. The summed E-state index contributed by atoms with van der Waals surface area (Å²) < 4.78 is 19.7. The lowest BCUT2D eigenvalue weighted by Crippen LogP contribution is -2.14. The van der Waals surface area contributed by atoms with E-state index in [2.05, 4.69) is 6.92 Å². The van der Waals surface area contributed by atoms with Gasteiger partial charge in [0.2, 0.25) is 0 Å². The summed E-state index contributed by atoms with van der Waals surface area (Å²) in [5, 5.41) is 0. The van der Waals surface area contributed by atoms with Gasteiger partial charge in [0.1, 0.15) is 5.82 Å². The summed E-state index contributed by atoms with van der Waals surface area (Å²) in [6, 6.07) is 14.3. The van der Waals surface area contributed by atoms with Gasteiger partial charge in [0.05, 0.1) is 12.5 Å². The molecule has 0 fully saturated rings. The fourth-order valence-electron chi connectivity index (χ4n) is 2.62. The molecule has 0 radical (unpaired) electrons. The normalized spacial score (nSPS) is 12.0. The molecule has 2 aromatic rings. The lowest BCUT2D eigenvalue weighted by Gasteiger charge is -2.13. The zero-order valence-electron chi connectivity index (χ0n) is 14.4. The molecular formula is C21H25FO2. The first kappa shape index (κ1) is 18.2. The average Bonchev–Trinajstić information content (AvgIpc) is 2.61. The van der Waals surface area contributed by atoms with Crippen molar-refractivity contribution in [3.8, 4) is 11.1 Å². The van der Waals surface area contributed by atoms with E-state index in [1.807, 2.05) is 30.3 Å². The SMILES string of the molecule is CCCCCCOC(=O)C(C)c1ccc(-c2ccccc2)c(F)c1. The van der Waals surface area contributed by atoms with Gasteiger partial charge in [0.15, 0.2) is 0 Å². The number of benzene rings is 2. The van der Waals surface area contributed by atoms with E-state index in [1.165, 1.54) is 6.07 Å². The Hall–Kier alpha value is -2.16. The molecule has 0 aliphatic carbocycles. The third kappa shape index (κ3) is 4.92. The highest BCUT2D eigenvalue weighted by molar-refractivity contribution is 5.78. The van der Waals surface area contributed by atoms with Crippen molar-refractivity contribution in [3.63, 3.8) is 0 Å². The van der Waals surface area contributed by atoms with Crippen LogP contribution in [0.2, 0.25) is 0 Å². The van der Waals surface area contributed by atoms with Crippen molar-refractivity contribution in [1.29, 1.82) is 0 Å². The molecule has 1 atom stereocenters. The molecule has 0 bridgehead atoms. The van der Waals surface area contributed by atoms with E-state index < -0.39 is 5.92 Å². The van der Waals surface area contributed by atoms with Crippen LogP contribution in [0, 0.1) is 5.82 Å². The van der Waals surface area contributed by atoms with Crippen molar-refractivity contribution in [2.75, 3.05) is 6.61 Å². The van der Waals surface area contributed by atoms with Crippen LogP contribution in [0.3, 0.4) is 0 Å². The van der Waals surface area contributed by atoms with Crippen molar-refractivity contribution in [2.45, 2.75) is 45.4 Å². The molecule has 2 aromatic carbocycles. The van der Waals surface area contributed by atoms with Crippen LogP contribution in [0.1, 0.15) is 51.0 Å². The van der Waals surface area contributed by atoms with Crippen LogP contribution >= 0.6 is 0 Å². The number of carbonyl (C=O) groups is 1. The summed E-state index contributed by atoms with van der Waals surface area (Å²) in [6.07, 6.45) is 4.25. The number of unbranched alkanes of at least 4 members (excludes halogenated alkanes) is 3.